The van der Waals surface area contributed by atoms with Gasteiger partial charge in [-0.15, -0.1) is 0 Å². The molecule has 3 rings (SSSR count). The molecule has 3 nitrogen and oxygen atoms in total. The van der Waals surface area contributed by atoms with E-state index in [1.807, 2.05) is 30.3 Å². The van der Waals surface area contributed by atoms with Gasteiger partial charge in [0.15, 0.2) is 0 Å². The average molecular weight is 240 g/mol. The molecule has 18 heavy (non-hydrogen) atoms. The third-order valence-electron chi connectivity index (χ3n) is 3.24. The second-order valence-electron chi connectivity index (χ2n) is 4.35. The lowest BCUT2D eigenvalue weighted by Gasteiger charge is -2.12. The van der Waals surface area contributed by atoms with Crippen molar-refractivity contribution in [3.63, 3.8) is 0 Å². The van der Waals surface area contributed by atoms with Gasteiger partial charge < -0.3 is 14.8 Å². The predicted molar refractivity (Wildman–Crippen MR) is 70.9 cm³/mol. The molecule has 4 heteroatoms. The Morgan fingerprint density at radius 1 is 0.944 bits per heavy atom. The molecule has 0 spiro atoms. The molecule has 0 saturated heterocycles. The monoisotopic (exact) mass is 240 g/mol. The quantitative estimate of drug-likeness (QED) is 0.769. The Morgan fingerprint density at radius 3 is 2.56 bits per heavy atom. The SMILES string of the molecule is OB(O)c1ccccc1-c1cccc2c1OCC2. The fourth-order valence-corrected chi connectivity index (χ4v) is 2.39. The number of ether oxygens (including phenoxy) is 1. The first-order valence-electron chi connectivity index (χ1n) is 5.97. The van der Waals surface area contributed by atoms with E-state index in [0.717, 1.165) is 23.3 Å². The van der Waals surface area contributed by atoms with Crippen LogP contribution in [0.25, 0.3) is 11.1 Å². The van der Waals surface area contributed by atoms with Gasteiger partial charge in [0.05, 0.1) is 6.61 Å². The highest BCUT2D eigenvalue weighted by Gasteiger charge is 2.22. The van der Waals surface area contributed by atoms with Crippen molar-refractivity contribution < 1.29 is 14.8 Å². The van der Waals surface area contributed by atoms with E-state index in [0.29, 0.717) is 12.1 Å². The van der Waals surface area contributed by atoms with Crippen LogP contribution >= 0.6 is 0 Å². The Bertz CT molecular complexity index is 581. The van der Waals surface area contributed by atoms with Crippen molar-refractivity contribution in [3.8, 4) is 16.9 Å². The summed E-state index contributed by atoms with van der Waals surface area (Å²) in [4.78, 5) is 0. The van der Waals surface area contributed by atoms with Gasteiger partial charge in [-0.1, -0.05) is 42.5 Å². The molecular formula is C14H13BO3. The Kier molecular flexibility index (Phi) is 2.82. The third kappa shape index (κ3) is 1.80. The van der Waals surface area contributed by atoms with Crippen molar-refractivity contribution >= 4 is 12.6 Å². The maximum atomic E-state index is 9.43. The smallest absolute Gasteiger partial charge is 0.489 e. The Labute approximate surface area is 106 Å². The topological polar surface area (TPSA) is 49.7 Å². The standard InChI is InChI=1S/C14H13BO3/c16-15(17)13-7-2-1-5-11(13)12-6-3-4-10-8-9-18-14(10)12/h1-7,16-17H,8-9H2. The minimum absolute atomic E-state index is 0.501. The normalized spacial score (nSPS) is 13.0. The summed E-state index contributed by atoms with van der Waals surface area (Å²) < 4.78 is 5.66. The molecule has 1 aliphatic heterocycles. The summed E-state index contributed by atoms with van der Waals surface area (Å²) in [5.41, 5.74) is 3.41. The molecule has 90 valence electrons. The highest BCUT2D eigenvalue weighted by molar-refractivity contribution is 6.60. The molecule has 0 radical (unpaired) electrons. The van der Waals surface area contributed by atoms with E-state index in [9.17, 15) is 10.0 Å². The van der Waals surface area contributed by atoms with E-state index in [4.69, 9.17) is 4.74 Å². The molecule has 1 aliphatic rings. The van der Waals surface area contributed by atoms with Crippen molar-refractivity contribution in [2.45, 2.75) is 6.42 Å². The molecular weight excluding hydrogens is 227 g/mol. The summed E-state index contributed by atoms with van der Waals surface area (Å²) in [5.74, 6) is 0.866. The molecule has 0 saturated carbocycles. The van der Waals surface area contributed by atoms with Gasteiger partial charge in [-0.2, -0.15) is 0 Å². The zero-order valence-corrected chi connectivity index (χ0v) is 9.84. The Balaban J connectivity index is 2.19. The summed E-state index contributed by atoms with van der Waals surface area (Å²) in [6, 6.07) is 13.2. The van der Waals surface area contributed by atoms with Crippen LogP contribution in [0.1, 0.15) is 5.56 Å². The number of benzene rings is 2. The molecule has 0 atom stereocenters. The fraction of sp³-hybridized carbons (Fsp3) is 0.143. The second-order valence-corrected chi connectivity index (χ2v) is 4.35. The van der Waals surface area contributed by atoms with Crippen LogP contribution in [0.5, 0.6) is 5.75 Å². The van der Waals surface area contributed by atoms with E-state index in [1.54, 1.807) is 12.1 Å². The van der Waals surface area contributed by atoms with E-state index in [1.165, 1.54) is 5.56 Å². The van der Waals surface area contributed by atoms with Gasteiger partial charge in [-0.3, -0.25) is 0 Å². The molecule has 2 aromatic rings. The molecule has 0 fully saturated rings. The minimum atomic E-state index is -1.47. The third-order valence-corrected chi connectivity index (χ3v) is 3.24. The second kappa shape index (κ2) is 4.48. The van der Waals surface area contributed by atoms with Crippen molar-refractivity contribution in [3.05, 3.63) is 48.0 Å². The lowest BCUT2D eigenvalue weighted by atomic mass is 9.75. The van der Waals surface area contributed by atoms with E-state index >= 15 is 0 Å². The van der Waals surface area contributed by atoms with Crippen LogP contribution in [0.3, 0.4) is 0 Å². The van der Waals surface area contributed by atoms with Crippen molar-refractivity contribution in [2.24, 2.45) is 0 Å². The van der Waals surface area contributed by atoms with Crippen LogP contribution in [-0.2, 0) is 6.42 Å². The molecule has 0 bridgehead atoms. The lowest BCUT2D eigenvalue weighted by molar-refractivity contribution is 0.358. The summed E-state index contributed by atoms with van der Waals surface area (Å²) >= 11 is 0. The summed E-state index contributed by atoms with van der Waals surface area (Å²) in [5, 5.41) is 18.9. The lowest BCUT2D eigenvalue weighted by Crippen LogP contribution is -2.31. The summed E-state index contributed by atoms with van der Waals surface area (Å²) in [6.45, 7) is 0.691. The van der Waals surface area contributed by atoms with Gasteiger partial charge in [0.25, 0.3) is 0 Å². The first-order valence-corrected chi connectivity index (χ1v) is 5.97. The van der Waals surface area contributed by atoms with Crippen LogP contribution < -0.4 is 10.2 Å². The molecule has 1 heterocycles. The maximum Gasteiger partial charge on any atom is 0.489 e. The van der Waals surface area contributed by atoms with Gasteiger partial charge in [0.2, 0.25) is 0 Å². The largest absolute Gasteiger partial charge is 0.492 e. The Morgan fingerprint density at radius 2 is 1.72 bits per heavy atom. The molecule has 0 amide bonds. The van der Waals surface area contributed by atoms with E-state index < -0.39 is 7.12 Å². The van der Waals surface area contributed by atoms with Crippen LogP contribution in [0.2, 0.25) is 0 Å². The first kappa shape index (κ1) is 11.3. The zero-order valence-electron chi connectivity index (χ0n) is 9.84. The number of para-hydroxylation sites is 1. The molecule has 0 aromatic heterocycles. The Hall–Kier alpha value is -1.78. The fourth-order valence-electron chi connectivity index (χ4n) is 2.39. The molecule has 0 aliphatic carbocycles. The zero-order chi connectivity index (χ0) is 12.5. The van der Waals surface area contributed by atoms with Gasteiger partial charge in [-0.05, 0) is 16.6 Å². The number of hydrogen-bond acceptors (Lipinski definition) is 3. The average Bonchev–Trinajstić information content (AvgIpc) is 2.86. The summed E-state index contributed by atoms with van der Waals surface area (Å²) in [6.07, 6.45) is 0.910. The van der Waals surface area contributed by atoms with Crippen molar-refractivity contribution in [1.29, 1.82) is 0 Å². The van der Waals surface area contributed by atoms with Gasteiger partial charge in [-0.25, -0.2) is 0 Å². The van der Waals surface area contributed by atoms with Crippen molar-refractivity contribution in [1.82, 2.24) is 0 Å². The highest BCUT2D eigenvalue weighted by atomic mass is 16.5. The van der Waals surface area contributed by atoms with E-state index in [2.05, 4.69) is 0 Å². The van der Waals surface area contributed by atoms with Gasteiger partial charge >= 0.3 is 7.12 Å². The minimum Gasteiger partial charge on any atom is -0.492 e. The van der Waals surface area contributed by atoms with Crippen LogP contribution in [0.4, 0.5) is 0 Å². The molecule has 2 N–H and O–H groups in total. The maximum absolute atomic E-state index is 9.43. The van der Waals surface area contributed by atoms with Crippen LogP contribution in [0.15, 0.2) is 42.5 Å². The van der Waals surface area contributed by atoms with Gasteiger partial charge in [0.1, 0.15) is 5.75 Å². The van der Waals surface area contributed by atoms with E-state index in [-0.39, 0.29) is 0 Å². The summed E-state index contributed by atoms with van der Waals surface area (Å²) in [7, 11) is -1.47. The first-order chi connectivity index (χ1) is 8.77. The van der Waals surface area contributed by atoms with Crippen LogP contribution in [-0.4, -0.2) is 23.8 Å². The number of fused-ring (bicyclic) bond motifs is 1. The predicted octanol–water partition coefficient (Wildman–Crippen LogP) is 0.968. The molecule has 0 unspecified atom stereocenters. The van der Waals surface area contributed by atoms with Crippen molar-refractivity contribution in [2.75, 3.05) is 6.61 Å². The number of rotatable bonds is 2. The van der Waals surface area contributed by atoms with Gasteiger partial charge in [0, 0.05) is 12.0 Å². The van der Waals surface area contributed by atoms with Crippen LogP contribution in [0, 0.1) is 0 Å². The number of hydrogen-bond donors (Lipinski definition) is 2. The molecule has 2 aromatic carbocycles. The highest BCUT2D eigenvalue weighted by Crippen LogP contribution is 2.35.